The number of hydrogen-bond donors (Lipinski definition) is 0. The van der Waals surface area contributed by atoms with Crippen LogP contribution in [-0.2, 0) is 0 Å². The fourth-order valence-corrected chi connectivity index (χ4v) is 2.37. The zero-order chi connectivity index (χ0) is 14.7. The number of rotatable bonds is 3. The minimum Gasteiger partial charge on any atom is -0.417 e. The van der Waals surface area contributed by atoms with E-state index in [1.54, 1.807) is 6.08 Å². The van der Waals surface area contributed by atoms with Gasteiger partial charge >= 0.3 is 0 Å². The molecule has 3 aromatic rings. The van der Waals surface area contributed by atoms with Gasteiger partial charge in [-0.15, -0.1) is 10.2 Å². The maximum atomic E-state index is 5.85. The van der Waals surface area contributed by atoms with Gasteiger partial charge in [-0.25, -0.2) is 0 Å². The van der Waals surface area contributed by atoms with E-state index in [1.165, 1.54) is 0 Å². The molecule has 21 heavy (non-hydrogen) atoms. The molecule has 0 aliphatic rings. The van der Waals surface area contributed by atoms with Crippen molar-refractivity contribution < 1.29 is 4.42 Å². The molecule has 2 aromatic carbocycles. The summed E-state index contributed by atoms with van der Waals surface area (Å²) in [4.78, 5) is 0. The van der Waals surface area contributed by atoms with Crippen LogP contribution in [-0.4, -0.2) is 10.2 Å². The molecular formula is C16H10BrClN2O. The fraction of sp³-hybridized carbons (Fsp3) is 0. The first-order chi connectivity index (χ1) is 10.2. The van der Waals surface area contributed by atoms with E-state index in [1.807, 2.05) is 54.6 Å². The van der Waals surface area contributed by atoms with Crippen LogP contribution < -0.4 is 0 Å². The van der Waals surface area contributed by atoms with Crippen molar-refractivity contribution in [2.45, 2.75) is 0 Å². The Balaban J connectivity index is 1.82. The van der Waals surface area contributed by atoms with Crippen LogP contribution in [0.2, 0.25) is 5.02 Å². The van der Waals surface area contributed by atoms with Gasteiger partial charge in [0.2, 0.25) is 11.8 Å². The third-order valence-corrected chi connectivity index (χ3v) is 3.78. The van der Waals surface area contributed by atoms with E-state index in [9.17, 15) is 0 Å². The minimum atomic E-state index is 0.454. The number of benzene rings is 2. The lowest BCUT2D eigenvalue weighted by molar-refractivity contribution is 0.557. The van der Waals surface area contributed by atoms with Gasteiger partial charge in [0.25, 0.3) is 0 Å². The molecule has 0 saturated carbocycles. The van der Waals surface area contributed by atoms with Crippen molar-refractivity contribution in [3.05, 3.63) is 69.5 Å². The molecule has 3 nitrogen and oxygen atoms in total. The molecular weight excluding hydrogens is 352 g/mol. The third-order valence-electron chi connectivity index (χ3n) is 2.83. The molecule has 0 atom stereocenters. The predicted molar refractivity (Wildman–Crippen MR) is 87.8 cm³/mol. The Hall–Kier alpha value is -1.91. The Bertz CT molecular complexity index is 781. The predicted octanol–water partition coefficient (Wildman–Crippen LogP) is 5.32. The molecule has 104 valence electrons. The Morgan fingerprint density at radius 2 is 1.71 bits per heavy atom. The molecule has 0 amide bonds. The Morgan fingerprint density at radius 1 is 0.952 bits per heavy atom. The van der Waals surface area contributed by atoms with Gasteiger partial charge in [-0.2, -0.15) is 0 Å². The molecule has 0 fully saturated rings. The second kappa shape index (κ2) is 6.24. The summed E-state index contributed by atoms with van der Waals surface area (Å²) in [6.45, 7) is 0. The van der Waals surface area contributed by atoms with Crippen molar-refractivity contribution in [3.63, 3.8) is 0 Å². The molecule has 1 aromatic heterocycles. The summed E-state index contributed by atoms with van der Waals surface area (Å²) in [5.41, 5.74) is 1.89. The molecule has 0 aliphatic heterocycles. The van der Waals surface area contributed by atoms with E-state index in [0.717, 1.165) is 15.6 Å². The molecule has 0 unspecified atom stereocenters. The van der Waals surface area contributed by atoms with Crippen molar-refractivity contribution in [2.24, 2.45) is 0 Å². The first-order valence-corrected chi connectivity index (χ1v) is 7.41. The van der Waals surface area contributed by atoms with Crippen molar-refractivity contribution in [2.75, 3.05) is 0 Å². The van der Waals surface area contributed by atoms with E-state index in [2.05, 4.69) is 26.1 Å². The van der Waals surface area contributed by atoms with Crippen LogP contribution in [0.25, 0.3) is 23.6 Å². The van der Waals surface area contributed by atoms with Gasteiger partial charge in [-0.1, -0.05) is 35.9 Å². The molecule has 0 saturated heterocycles. The number of hydrogen-bond acceptors (Lipinski definition) is 3. The summed E-state index contributed by atoms with van der Waals surface area (Å²) in [7, 11) is 0. The Labute approximate surface area is 135 Å². The standard InChI is InChI=1S/C16H10BrClN2O/c17-14-4-2-1-3-13(14)16-20-19-15(21-16)10-7-11-5-8-12(18)9-6-11/h1-10H/b10-7+. The highest BCUT2D eigenvalue weighted by molar-refractivity contribution is 9.10. The highest BCUT2D eigenvalue weighted by Gasteiger charge is 2.09. The van der Waals surface area contributed by atoms with Gasteiger partial charge in [-0.3, -0.25) is 0 Å². The van der Waals surface area contributed by atoms with E-state index < -0.39 is 0 Å². The maximum absolute atomic E-state index is 5.85. The van der Waals surface area contributed by atoms with Gasteiger partial charge in [-0.05, 0) is 51.8 Å². The van der Waals surface area contributed by atoms with Crippen LogP contribution in [0.1, 0.15) is 11.5 Å². The fourth-order valence-electron chi connectivity index (χ4n) is 1.79. The largest absolute Gasteiger partial charge is 0.417 e. The van der Waals surface area contributed by atoms with Crippen molar-refractivity contribution in [1.82, 2.24) is 10.2 Å². The van der Waals surface area contributed by atoms with E-state index in [0.29, 0.717) is 16.8 Å². The number of halogens is 2. The second-order valence-corrected chi connectivity index (χ2v) is 5.60. The smallest absolute Gasteiger partial charge is 0.249 e. The number of aromatic nitrogens is 2. The van der Waals surface area contributed by atoms with Crippen LogP contribution in [0.4, 0.5) is 0 Å². The van der Waals surface area contributed by atoms with Crippen molar-refractivity contribution in [1.29, 1.82) is 0 Å². The van der Waals surface area contributed by atoms with E-state index in [-0.39, 0.29) is 0 Å². The van der Waals surface area contributed by atoms with Gasteiger partial charge in [0, 0.05) is 15.6 Å². The lowest BCUT2D eigenvalue weighted by atomic mass is 10.2. The molecule has 0 N–H and O–H groups in total. The van der Waals surface area contributed by atoms with E-state index >= 15 is 0 Å². The summed E-state index contributed by atoms with van der Waals surface area (Å²) >= 11 is 9.31. The van der Waals surface area contributed by atoms with Crippen LogP contribution in [0.15, 0.2) is 57.4 Å². The van der Waals surface area contributed by atoms with Gasteiger partial charge in [0.15, 0.2) is 0 Å². The van der Waals surface area contributed by atoms with Crippen LogP contribution in [0.3, 0.4) is 0 Å². The molecule has 0 radical (unpaired) electrons. The molecule has 0 spiro atoms. The topological polar surface area (TPSA) is 38.9 Å². The lowest BCUT2D eigenvalue weighted by Gasteiger charge is -1.96. The quantitative estimate of drug-likeness (QED) is 0.633. The lowest BCUT2D eigenvalue weighted by Crippen LogP contribution is -1.78. The first-order valence-electron chi connectivity index (χ1n) is 6.24. The summed E-state index contributed by atoms with van der Waals surface area (Å²) < 4.78 is 6.55. The van der Waals surface area contributed by atoms with Gasteiger partial charge < -0.3 is 4.42 Å². The normalized spacial score (nSPS) is 11.1. The Kier molecular flexibility index (Phi) is 4.18. The summed E-state index contributed by atoms with van der Waals surface area (Å²) in [6, 6.07) is 15.2. The molecule has 0 bridgehead atoms. The first kappa shape index (κ1) is 14.0. The van der Waals surface area contributed by atoms with Crippen LogP contribution >= 0.6 is 27.5 Å². The second-order valence-electron chi connectivity index (χ2n) is 4.31. The van der Waals surface area contributed by atoms with Crippen molar-refractivity contribution >= 4 is 39.7 Å². The molecule has 3 rings (SSSR count). The van der Waals surface area contributed by atoms with Crippen molar-refractivity contribution in [3.8, 4) is 11.5 Å². The maximum Gasteiger partial charge on any atom is 0.249 e. The third kappa shape index (κ3) is 3.40. The monoisotopic (exact) mass is 360 g/mol. The summed E-state index contributed by atoms with van der Waals surface area (Å²) in [5, 5.41) is 8.78. The zero-order valence-electron chi connectivity index (χ0n) is 10.8. The molecule has 1 heterocycles. The summed E-state index contributed by atoms with van der Waals surface area (Å²) in [5.74, 6) is 0.939. The van der Waals surface area contributed by atoms with Gasteiger partial charge in [0.05, 0.1) is 5.56 Å². The molecule has 5 heteroatoms. The number of nitrogens with zero attached hydrogens (tertiary/aromatic N) is 2. The highest BCUT2D eigenvalue weighted by atomic mass is 79.9. The zero-order valence-corrected chi connectivity index (χ0v) is 13.2. The molecule has 0 aliphatic carbocycles. The highest BCUT2D eigenvalue weighted by Crippen LogP contribution is 2.26. The average molecular weight is 362 g/mol. The summed E-state index contributed by atoms with van der Waals surface area (Å²) in [6.07, 6.45) is 3.67. The van der Waals surface area contributed by atoms with Crippen LogP contribution in [0, 0.1) is 0 Å². The van der Waals surface area contributed by atoms with Gasteiger partial charge in [0.1, 0.15) is 0 Å². The Morgan fingerprint density at radius 3 is 2.48 bits per heavy atom. The SMILES string of the molecule is Clc1ccc(/C=C/c2nnc(-c3ccccc3Br)o2)cc1. The van der Waals surface area contributed by atoms with E-state index in [4.69, 9.17) is 16.0 Å². The average Bonchev–Trinajstić information content (AvgIpc) is 2.96. The van der Waals surface area contributed by atoms with Crippen LogP contribution in [0.5, 0.6) is 0 Å². The minimum absolute atomic E-state index is 0.454.